The fourth-order valence-electron chi connectivity index (χ4n) is 3.62. The van der Waals surface area contributed by atoms with E-state index >= 15 is 0 Å². The number of aryl methyl sites for hydroxylation is 1. The Balaban J connectivity index is 1.48. The number of aromatic nitrogens is 2. The van der Waals surface area contributed by atoms with Crippen LogP contribution >= 0.6 is 11.3 Å². The molecule has 4 aromatic rings. The molecule has 1 N–H and O–H groups in total. The lowest BCUT2D eigenvalue weighted by Crippen LogP contribution is -2.28. The maximum atomic E-state index is 13.1. The molecule has 0 saturated heterocycles. The Labute approximate surface area is 216 Å². The Morgan fingerprint density at radius 1 is 1.05 bits per heavy atom. The molecule has 0 atom stereocenters. The average Bonchev–Trinajstić information content (AvgIpc) is 3.21. The molecule has 2 heterocycles. The van der Waals surface area contributed by atoms with Crippen molar-refractivity contribution in [3.8, 4) is 0 Å². The van der Waals surface area contributed by atoms with Crippen LogP contribution in [-0.4, -0.2) is 33.5 Å². The van der Waals surface area contributed by atoms with E-state index in [4.69, 9.17) is 9.47 Å². The summed E-state index contributed by atoms with van der Waals surface area (Å²) in [6.45, 7) is 4.97. The predicted octanol–water partition coefficient (Wildman–Crippen LogP) is 4.33. The van der Waals surface area contributed by atoms with Crippen molar-refractivity contribution in [3.05, 3.63) is 92.8 Å². The molecule has 2 aromatic carbocycles. The summed E-state index contributed by atoms with van der Waals surface area (Å²) < 4.78 is 11.8. The van der Waals surface area contributed by atoms with E-state index in [0.29, 0.717) is 26.5 Å². The zero-order valence-electron chi connectivity index (χ0n) is 20.5. The van der Waals surface area contributed by atoms with Crippen LogP contribution in [0.25, 0.3) is 10.2 Å². The van der Waals surface area contributed by atoms with Gasteiger partial charge in [0.05, 0.1) is 23.4 Å². The second kappa shape index (κ2) is 11.2. The number of benzene rings is 2. The Kier molecular flexibility index (Phi) is 7.78. The molecule has 9 nitrogen and oxygen atoms in total. The molecule has 0 aliphatic heterocycles. The van der Waals surface area contributed by atoms with Crippen molar-refractivity contribution < 1.29 is 23.9 Å². The summed E-state index contributed by atoms with van der Waals surface area (Å²) in [5.41, 5.74) is 1.56. The number of fused-ring (bicyclic) bond motifs is 1. The van der Waals surface area contributed by atoms with Crippen molar-refractivity contribution in [2.45, 2.75) is 40.0 Å². The lowest BCUT2D eigenvalue weighted by Gasteiger charge is -2.10. The zero-order chi connectivity index (χ0) is 26.5. The molecule has 10 heteroatoms. The van der Waals surface area contributed by atoms with E-state index in [1.165, 1.54) is 17.0 Å². The van der Waals surface area contributed by atoms with E-state index in [9.17, 15) is 19.2 Å². The van der Waals surface area contributed by atoms with Crippen molar-refractivity contribution in [1.29, 1.82) is 0 Å². The topological polar surface area (TPSA) is 117 Å². The molecule has 0 spiro atoms. The minimum atomic E-state index is -0.538. The third kappa shape index (κ3) is 6.10. The zero-order valence-corrected chi connectivity index (χ0v) is 21.3. The summed E-state index contributed by atoms with van der Waals surface area (Å²) in [6, 6.07) is 15.6. The monoisotopic (exact) mass is 519 g/mol. The van der Waals surface area contributed by atoms with Gasteiger partial charge in [-0.15, -0.1) is 11.3 Å². The van der Waals surface area contributed by atoms with E-state index < -0.39 is 23.4 Å². The van der Waals surface area contributed by atoms with Crippen molar-refractivity contribution >= 4 is 45.1 Å². The van der Waals surface area contributed by atoms with Crippen molar-refractivity contribution in [1.82, 2.24) is 9.55 Å². The second-order valence-electron chi connectivity index (χ2n) is 8.56. The summed E-state index contributed by atoms with van der Waals surface area (Å²) in [7, 11) is 0. The summed E-state index contributed by atoms with van der Waals surface area (Å²) >= 11 is 1.08. The van der Waals surface area contributed by atoms with Gasteiger partial charge in [0.25, 0.3) is 5.56 Å². The molecule has 4 rings (SSSR count). The number of nitrogens with one attached hydrogen (secondary N) is 1. The molecule has 0 aliphatic rings. The average molecular weight is 520 g/mol. The van der Waals surface area contributed by atoms with Crippen LogP contribution in [0.3, 0.4) is 0 Å². The van der Waals surface area contributed by atoms with Crippen LogP contribution in [0.4, 0.5) is 5.69 Å². The first-order valence-electron chi connectivity index (χ1n) is 11.5. The van der Waals surface area contributed by atoms with Gasteiger partial charge in [-0.2, -0.15) is 0 Å². The molecular formula is C27H25N3O6S. The number of amides is 1. The third-order valence-corrected chi connectivity index (χ3v) is 6.53. The molecule has 0 bridgehead atoms. The van der Waals surface area contributed by atoms with Crippen LogP contribution in [0.5, 0.6) is 0 Å². The fraction of sp³-hybridized carbons (Fsp3) is 0.222. The van der Waals surface area contributed by atoms with E-state index in [1.807, 2.05) is 30.3 Å². The van der Waals surface area contributed by atoms with Gasteiger partial charge in [-0.3, -0.25) is 14.2 Å². The van der Waals surface area contributed by atoms with Gasteiger partial charge >= 0.3 is 11.9 Å². The van der Waals surface area contributed by atoms with Crippen molar-refractivity contribution in [2.75, 3.05) is 5.32 Å². The van der Waals surface area contributed by atoms with E-state index in [2.05, 4.69) is 10.3 Å². The SMILES string of the molecule is Cc1c(C(=O)OCc2ccccc2)sc2ncn(CC(=O)Nc3cccc(C(=O)OC(C)C)c3)c(=O)c12. The first kappa shape index (κ1) is 25.8. The normalized spacial score (nSPS) is 10.9. The first-order chi connectivity index (χ1) is 17.7. The quantitative estimate of drug-likeness (QED) is 0.345. The van der Waals surface area contributed by atoms with Gasteiger partial charge in [0.15, 0.2) is 0 Å². The van der Waals surface area contributed by atoms with E-state index in [-0.39, 0.29) is 24.6 Å². The number of esters is 2. The standard InChI is InChI=1S/C27H25N3O6S/c1-16(2)36-26(33)19-10-7-11-20(12-19)29-21(31)13-30-15-28-24-22(25(30)32)17(3)23(37-24)27(34)35-14-18-8-5-4-6-9-18/h4-12,15-16H,13-14H2,1-3H3,(H,29,31). The highest BCUT2D eigenvalue weighted by atomic mass is 32.1. The highest BCUT2D eigenvalue weighted by Gasteiger charge is 2.21. The Bertz CT molecular complexity index is 1520. The molecule has 0 saturated carbocycles. The van der Waals surface area contributed by atoms with Gasteiger partial charge in [0.2, 0.25) is 5.91 Å². The number of carbonyl (C=O) groups excluding carboxylic acids is 3. The molecule has 190 valence electrons. The van der Waals surface area contributed by atoms with Crippen LogP contribution in [0.1, 0.15) is 45.0 Å². The largest absolute Gasteiger partial charge is 0.459 e. The molecule has 0 aliphatic carbocycles. The van der Waals surface area contributed by atoms with Gasteiger partial charge in [-0.05, 0) is 50.1 Å². The molecular weight excluding hydrogens is 494 g/mol. The van der Waals surface area contributed by atoms with Crippen LogP contribution in [0.2, 0.25) is 0 Å². The first-order valence-corrected chi connectivity index (χ1v) is 12.3. The van der Waals surface area contributed by atoms with Crippen LogP contribution < -0.4 is 10.9 Å². The predicted molar refractivity (Wildman–Crippen MR) is 140 cm³/mol. The minimum Gasteiger partial charge on any atom is -0.459 e. The third-order valence-electron chi connectivity index (χ3n) is 5.35. The number of thiophene rings is 1. The van der Waals surface area contributed by atoms with Crippen LogP contribution in [-0.2, 0) is 27.4 Å². The fourth-order valence-corrected chi connectivity index (χ4v) is 4.65. The molecule has 0 unspecified atom stereocenters. The lowest BCUT2D eigenvalue weighted by molar-refractivity contribution is -0.116. The number of nitrogens with zero attached hydrogens (tertiary/aromatic N) is 2. The molecule has 37 heavy (non-hydrogen) atoms. The Morgan fingerprint density at radius 3 is 2.54 bits per heavy atom. The van der Waals surface area contributed by atoms with Gasteiger partial charge in [-0.1, -0.05) is 36.4 Å². The number of anilines is 1. The molecule has 1 amide bonds. The maximum absolute atomic E-state index is 13.1. The number of hydrogen-bond donors (Lipinski definition) is 1. The van der Waals surface area contributed by atoms with Crippen LogP contribution in [0, 0.1) is 6.92 Å². The number of ether oxygens (including phenoxy) is 2. The Hall–Kier alpha value is -4.31. The van der Waals surface area contributed by atoms with E-state index in [0.717, 1.165) is 16.9 Å². The molecule has 0 radical (unpaired) electrons. The summed E-state index contributed by atoms with van der Waals surface area (Å²) in [4.78, 5) is 55.6. The van der Waals surface area contributed by atoms with E-state index in [1.54, 1.807) is 39.0 Å². The smallest absolute Gasteiger partial charge is 0.349 e. The molecule has 2 aromatic heterocycles. The number of hydrogen-bond acceptors (Lipinski definition) is 8. The minimum absolute atomic E-state index is 0.113. The number of carbonyl (C=O) groups is 3. The maximum Gasteiger partial charge on any atom is 0.349 e. The summed E-state index contributed by atoms with van der Waals surface area (Å²) in [5, 5.41) is 2.95. The highest BCUT2D eigenvalue weighted by molar-refractivity contribution is 7.20. The summed E-state index contributed by atoms with van der Waals surface area (Å²) in [6.07, 6.45) is 1.00. The van der Waals surface area contributed by atoms with Crippen molar-refractivity contribution in [3.63, 3.8) is 0 Å². The van der Waals surface area contributed by atoms with Gasteiger partial charge in [0, 0.05) is 5.69 Å². The highest BCUT2D eigenvalue weighted by Crippen LogP contribution is 2.27. The number of rotatable bonds is 8. The van der Waals surface area contributed by atoms with Crippen molar-refractivity contribution in [2.24, 2.45) is 0 Å². The van der Waals surface area contributed by atoms with Gasteiger partial charge in [-0.25, -0.2) is 14.6 Å². The lowest BCUT2D eigenvalue weighted by atomic mass is 10.2. The second-order valence-corrected chi connectivity index (χ2v) is 9.56. The van der Waals surface area contributed by atoms with Crippen LogP contribution in [0.15, 0.2) is 65.7 Å². The summed E-state index contributed by atoms with van der Waals surface area (Å²) in [5.74, 6) is -1.51. The molecule has 0 fully saturated rings. The van der Waals surface area contributed by atoms with Gasteiger partial charge in [0.1, 0.15) is 22.9 Å². The Morgan fingerprint density at radius 2 is 1.81 bits per heavy atom. The van der Waals surface area contributed by atoms with Gasteiger partial charge < -0.3 is 14.8 Å².